The molecular weight excluding hydrogens is 226 g/mol. The van der Waals surface area contributed by atoms with E-state index in [-0.39, 0.29) is 5.91 Å². The summed E-state index contributed by atoms with van der Waals surface area (Å²) in [5.74, 6) is 0.610. The fourth-order valence-corrected chi connectivity index (χ4v) is 2.26. The second-order valence-corrected chi connectivity index (χ2v) is 5.82. The molecule has 0 radical (unpaired) electrons. The molecule has 0 aliphatic carbocycles. The highest BCUT2D eigenvalue weighted by Crippen LogP contribution is 2.21. The molecule has 0 atom stereocenters. The zero-order chi connectivity index (χ0) is 13.3. The standard InChI is InChI=1S/C15H21NO2/c1-11(2)13-6-4-12(5-7-13)8-14(17)16-9-15(3,18)10-16/h4-7,11,18H,8-10H2,1-3H3. The second kappa shape index (κ2) is 4.73. The molecule has 1 saturated heterocycles. The molecule has 3 heteroatoms. The number of aliphatic hydroxyl groups is 1. The Morgan fingerprint density at radius 3 is 2.33 bits per heavy atom. The Hall–Kier alpha value is -1.35. The topological polar surface area (TPSA) is 40.5 Å². The van der Waals surface area contributed by atoms with E-state index in [2.05, 4.69) is 26.0 Å². The largest absolute Gasteiger partial charge is 0.386 e. The Bertz CT molecular complexity index is 426. The maximum absolute atomic E-state index is 11.9. The van der Waals surface area contributed by atoms with Crippen molar-refractivity contribution in [3.8, 4) is 0 Å². The van der Waals surface area contributed by atoms with Crippen molar-refractivity contribution in [3.63, 3.8) is 0 Å². The van der Waals surface area contributed by atoms with Gasteiger partial charge in [-0.1, -0.05) is 38.1 Å². The zero-order valence-electron chi connectivity index (χ0n) is 11.3. The van der Waals surface area contributed by atoms with Crippen LogP contribution in [-0.4, -0.2) is 34.6 Å². The molecule has 1 amide bonds. The zero-order valence-corrected chi connectivity index (χ0v) is 11.3. The van der Waals surface area contributed by atoms with Gasteiger partial charge in [0, 0.05) is 0 Å². The quantitative estimate of drug-likeness (QED) is 0.887. The van der Waals surface area contributed by atoms with Gasteiger partial charge in [-0.2, -0.15) is 0 Å². The lowest BCUT2D eigenvalue weighted by Gasteiger charge is -2.44. The Kier molecular flexibility index (Phi) is 3.44. The number of nitrogens with zero attached hydrogens (tertiary/aromatic N) is 1. The van der Waals surface area contributed by atoms with Crippen molar-refractivity contribution in [1.29, 1.82) is 0 Å². The van der Waals surface area contributed by atoms with Crippen molar-refractivity contribution >= 4 is 5.91 Å². The lowest BCUT2D eigenvalue weighted by Crippen LogP contribution is -2.62. The number of carbonyl (C=O) groups is 1. The Morgan fingerprint density at radius 1 is 1.33 bits per heavy atom. The molecule has 1 aromatic carbocycles. The van der Waals surface area contributed by atoms with Crippen LogP contribution in [-0.2, 0) is 11.2 Å². The van der Waals surface area contributed by atoms with E-state index in [9.17, 15) is 9.90 Å². The minimum Gasteiger partial charge on any atom is -0.386 e. The highest BCUT2D eigenvalue weighted by molar-refractivity contribution is 5.79. The third-order valence-corrected chi connectivity index (χ3v) is 3.42. The molecule has 2 rings (SSSR count). The van der Waals surface area contributed by atoms with Gasteiger partial charge in [0.1, 0.15) is 0 Å². The summed E-state index contributed by atoms with van der Waals surface area (Å²) in [7, 11) is 0. The van der Waals surface area contributed by atoms with Crippen molar-refractivity contribution in [1.82, 2.24) is 4.90 Å². The number of rotatable bonds is 3. The summed E-state index contributed by atoms with van der Waals surface area (Å²) in [4.78, 5) is 13.6. The van der Waals surface area contributed by atoms with Gasteiger partial charge in [-0.3, -0.25) is 4.79 Å². The number of hydrogen-bond donors (Lipinski definition) is 1. The average molecular weight is 247 g/mol. The number of β-amino-alcohol motifs (C(OH)–C–C–N with tert-alkyl or cyclic N) is 1. The molecule has 18 heavy (non-hydrogen) atoms. The molecule has 0 spiro atoms. The molecule has 0 bridgehead atoms. The summed E-state index contributed by atoms with van der Waals surface area (Å²) in [6, 6.07) is 8.20. The summed E-state index contributed by atoms with van der Waals surface area (Å²) in [6.45, 7) is 6.98. The van der Waals surface area contributed by atoms with E-state index < -0.39 is 5.60 Å². The fraction of sp³-hybridized carbons (Fsp3) is 0.533. The van der Waals surface area contributed by atoms with E-state index in [1.807, 2.05) is 12.1 Å². The highest BCUT2D eigenvalue weighted by Gasteiger charge is 2.38. The molecule has 1 fully saturated rings. The number of hydrogen-bond acceptors (Lipinski definition) is 2. The predicted molar refractivity (Wildman–Crippen MR) is 71.4 cm³/mol. The maximum Gasteiger partial charge on any atom is 0.227 e. The van der Waals surface area contributed by atoms with Crippen LogP contribution in [0.25, 0.3) is 0 Å². The van der Waals surface area contributed by atoms with Crippen LogP contribution in [0.1, 0.15) is 37.8 Å². The van der Waals surface area contributed by atoms with E-state index >= 15 is 0 Å². The van der Waals surface area contributed by atoms with Crippen molar-refractivity contribution in [2.75, 3.05) is 13.1 Å². The summed E-state index contributed by atoms with van der Waals surface area (Å²) in [5.41, 5.74) is 1.64. The fourth-order valence-electron chi connectivity index (χ4n) is 2.26. The van der Waals surface area contributed by atoms with Gasteiger partial charge in [0.25, 0.3) is 0 Å². The van der Waals surface area contributed by atoms with Crippen LogP contribution in [0.4, 0.5) is 0 Å². The van der Waals surface area contributed by atoms with Gasteiger partial charge in [0.05, 0.1) is 25.1 Å². The molecule has 98 valence electrons. The molecule has 3 nitrogen and oxygen atoms in total. The summed E-state index contributed by atoms with van der Waals surface area (Å²) in [5, 5.41) is 9.60. The number of likely N-dealkylation sites (tertiary alicyclic amines) is 1. The van der Waals surface area contributed by atoms with Crippen molar-refractivity contribution in [2.45, 2.75) is 38.7 Å². The molecule has 1 aromatic rings. The molecule has 0 unspecified atom stereocenters. The molecule has 0 aromatic heterocycles. The van der Waals surface area contributed by atoms with Gasteiger partial charge in [0.2, 0.25) is 5.91 Å². The maximum atomic E-state index is 11.9. The first-order valence-electron chi connectivity index (χ1n) is 6.46. The minimum absolute atomic E-state index is 0.0961. The van der Waals surface area contributed by atoms with Crippen LogP contribution in [0.15, 0.2) is 24.3 Å². The first kappa shape index (κ1) is 13.1. The van der Waals surface area contributed by atoms with Crippen LogP contribution in [0.3, 0.4) is 0 Å². The smallest absolute Gasteiger partial charge is 0.227 e. The predicted octanol–water partition coefficient (Wildman–Crippen LogP) is 1.95. The SMILES string of the molecule is CC(C)c1ccc(CC(=O)N2CC(C)(O)C2)cc1. The highest BCUT2D eigenvalue weighted by atomic mass is 16.3. The van der Waals surface area contributed by atoms with Crippen LogP contribution < -0.4 is 0 Å². The molecular formula is C15H21NO2. The number of amides is 1. The molecule has 1 N–H and O–H groups in total. The van der Waals surface area contributed by atoms with Crippen LogP contribution in [0.2, 0.25) is 0 Å². The molecule has 1 heterocycles. The van der Waals surface area contributed by atoms with Crippen molar-refractivity contribution in [3.05, 3.63) is 35.4 Å². The summed E-state index contributed by atoms with van der Waals surface area (Å²) >= 11 is 0. The normalized spacial score (nSPS) is 17.7. The van der Waals surface area contributed by atoms with E-state index in [1.165, 1.54) is 5.56 Å². The van der Waals surface area contributed by atoms with E-state index in [0.717, 1.165) is 5.56 Å². The first-order valence-corrected chi connectivity index (χ1v) is 6.46. The minimum atomic E-state index is -0.683. The second-order valence-electron chi connectivity index (χ2n) is 5.82. The van der Waals surface area contributed by atoms with Crippen LogP contribution in [0, 0.1) is 0 Å². The lowest BCUT2D eigenvalue weighted by atomic mass is 9.95. The van der Waals surface area contributed by atoms with Gasteiger partial charge >= 0.3 is 0 Å². The van der Waals surface area contributed by atoms with E-state index in [1.54, 1.807) is 11.8 Å². The monoisotopic (exact) mass is 247 g/mol. The molecule has 1 aliphatic heterocycles. The summed E-state index contributed by atoms with van der Waals surface area (Å²) in [6.07, 6.45) is 0.425. The van der Waals surface area contributed by atoms with Crippen LogP contribution in [0.5, 0.6) is 0 Å². The van der Waals surface area contributed by atoms with E-state index in [4.69, 9.17) is 0 Å². The Labute approximate surface area is 108 Å². The first-order chi connectivity index (χ1) is 8.37. The van der Waals surface area contributed by atoms with Crippen molar-refractivity contribution in [2.24, 2.45) is 0 Å². The Morgan fingerprint density at radius 2 is 1.89 bits per heavy atom. The van der Waals surface area contributed by atoms with Gasteiger partial charge in [0.15, 0.2) is 0 Å². The molecule has 0 saturated carbocycles. The van der Waals surface area contributed by atoms with E-state index in [0.29, 0.717) is 25.4 Å². The molecule has 1 aliphatic rings. The lowest BCUT2D eigenvalue weighted by molar-refractivity contribution is -0.151. The third-order valence-electron chi connectivity index (χ3n) is 3.42. The van der Waals surface area contributed by atoms with Crippen molar-refractivity contribution < 1.29 is 9.90 Å². The average Bonchev–Trinajstić information content (AvgIpc) is 2.26. The third kappa shape index (κ3) is 2.91. The van der Waals surface area contributed by atoms with Gasteiger partial charge in [-0.15, -0.1) is 0 Å². The van der Waals surface area contributed by atoms with Gasteiger partial charge in [-0.05, 0) is 24.0 Å². The van der Waals surface area contributed by atoms with Gasteiger partial charge < -0.3 is 10.0 Å². The Balaban J connectivity index is 1.92. The van der Waals surface area contributed by atoms with Gasteiger partial charge in [-0.25, -0.2) is 0 Å². The van der Waals surface area contributed by atoms with Crippen LogP contribution >= 0.6 is 0 Å². The number of benzene rings is 1. The number of carbonyl (C=O) groups excluding carboxylic acids is 1. The summed E-state index contributed by atoms with van der Waals surface area (Å²) < 4.78 is 0.